The average molecular weight is 250 g/mol. The van der Waals surface area contributed by atoms with Crippen LogP contribution in [0.2, 0.25) is 0 Å². The summed E-state index contributed by atoms with van der Waals surface area (Å²) in [5, 5.41) is 0.706. The van der Waals surface area contributed by atoms with Gasteiger partial charge in [-0.1, -0.05) is 27.5 Å². The first kappa shape index (κ1) is 9.87. The van der Waals surface area contributed by atoms with Gasteiger partial charge >= 0.3 is 0 Å². The minimum atomic E-state index is -0.223. The molecule has 0 saturated heterocycles. The van der Waals surface area contributed by atoms with Crippen LogP contribution in [0.4, 0.5) is 0 Å². The highest BCUT2D eigenvalue weighted by Gasteiger charge is 2.17. The van der Waals surface area contributed by atoms with Gasteiger partial charge in [0.2, 0.25) is 0 Å². The van der Waals surface area contributed by atoms with Crippen molar-refractivity contribution in [3.63, 3.8) is 0 Å². The van der Waals surface area contributed by atoms with Gasteiger partial charge in [0, 0.05) is 5.03 Å². The summed E-state index contributed by atoms with van der Waals surface area (Å²) >= 11 is 9.39. The van der Waals surface area contributed by atoms with Gasteiger partial charge in [-0.25, -0.2) is 0 Å². The lowest BCUT2D eigenvalue weighted by Crippen LogP contribution is -2.07. The molecule has 1 nitrogen and oxygen atoms in total. The third kappa shape index (κ3) is 2.68. The Morgan fingerprint density at radius 3 is 2.67 bits per heavy atom. The molecule has 0 bridgehead atoms. The summed E-state index contributed by atoms with van der Waals surface area (Å²) in [5.74, 6) is 0.807. The molecule has 0 aromatic heterocycles. The van der Waals surface area contributed by atoms with E-state index >= 15 is 0 Å². The average Bonchev–Trinajstić information content (AvgIpc) is 2.07. The highest BCUT2D eigenvalue weighted by atomic mass is 79.9. The second-order valence-corrected chi connectivity index (χ2v) is 4.91. The first-order chi connectivity index (χ1) is 5.53. The fourth-order valence-electron chi connectivity index (χ4n) is 0.974. The molecule has 0 aromatic rings. The summed E-state index contributed by atoms with van der Waals surface area (Å²) in [7, 11) is 1.64. The SMILES string of the molecule is COC1=CC(C)(Br)C=C(Cl)C=C1. The quantitative estimate of drug-likeness (QED) is 0.648. The maximum atomic E-state index is 5.88. The molecule has 1 aliphatic rings. The van der Waals surface area contributed by atoms with E-state index in [9.17, 15) is 0 Å². The Morgan fingerprint density at radius 1 is 1.42 bits per heavy atom. The maximum absolute atomic E-state index is 5.88. The highest BCUT2D eigenvalue weighted by molar-refractivity contribution is 9.10. The molecule has 1 aliphatic carbocycles. The lowest BCUT2D eigenvalue weighted by molar-refractivity contribution is 0.305. The van der Waals surface area contributed by atoms with Crippen molar-refractivity contribution in [1.29, 1.82) is 0 Å². The van der Waals surface area contributed by atoms with Crippen LogP contribution < -0.4 is 0 Å². The van der Waals surface area contributed by atoms with Crippen LogP contribution >= 0.6 is 27.5 Å². The van der Waals surface area contributed by atoms with Gasteiger partial charge in [0.25, 0.3) is 0 Å². The van der Waals surface area contributed by atoms with Crippen LogP contribution in [0.5, 0.6) is 0 Å². The van der Waals surface area contributed by atoms with Gasteiger partial charge < -0.3 is 4.74 Å². The van der Waals surface area contributed by atoms with Crippen molar-refractivity contribution in [3.05, 3.63) is 35.1 Å². The van der Waals surface area contributed by atoms with Crippen molar-refractivity contribution in [2.45, 2.75) is 11.2 Å². The molecule has 0 saturated carbocycles. The third-order valence-electron chi connectivity index (χ3n) is 1.49. The van der Waals surface area contributed by atoms with Crippen LogP contribution in [0.15, 0.2) is 35.1 Å². The van der Waals surface area contributed by atoms with Crippen molar-refractivity contribution in [2.75, 3.05) is 7.11 Å². The summed E-state index contributed by atoms with van der Waals surface area (Å²) in [5.41, 5.74) is 0. The predicted molar refractivity (Wildman–Crippen MR) is 55.5 cm³/mol. The minimum Gasteiger partial charge on any atom is -0.497 e. The number of alkyl halides is 1. The molecule has 66 valence electrons. The van der Waals surface area contributed by atoms with E-state index in [4.69, 9.17) is 16.3 Å². The molecule has 1 unspecified atom stereocenters. The first-order valence-corrected chi connectivity index (χ1v) is 4.73. The molecule has 0 aliphatic heterocycles. The van der Waals surface area contributed by atoms with Crippen LogP contribution in [0.3, 0.4) is 0 Å². The largest absolute Gasteiger partial charge is 0.497 e. The smallest absolute Gasteiger partial charge is 0.116 e. The maximum Gasteiger partial charge on any atom is 0.116 e. The zero-order chi connectivity index (χ0) is 9.19. The lowest BCUT2D eigenvalue weighted by atomic mass is 10.1. The van der Waals surface area contributed by atoms with Crippen molar-refractivity contribution in [3.8, 4) is 0 Å². The summed E-state index contributed by atoms with van der Waals surface area (Å²) < 4.78 is 4.88. The summed E-state index contributed by atoms with van der Waals surface area (Å²) in [6.07, 6.45) is 7.52. The Morgan fingerprint density at radius 2 is 2.08 bits per heavy atom. The first-order valence-electron chi connectivity index (χ1n) is 3.56. The Balaban J connectivity index is 3.00. The molecule has 0 fully saturated rings. The topological polar surface area (TPSA) is 9.23 Å². The molecule has 0 radical (unpaired) electrons. The van der Waals surface area contributed by atoms with E-state index in [0.717, 1.165) is 5.76 Å². The van der Waals surface area contributed by atoms with E-state index in [2.05, 4.69) is 15.9 Å². The van der Waals surface area contributed by atoms with Gasteiger partial charge in [-0.2, -0.15) is 0 Å². The Bertz CT molecular complexity index is 264. The monoisotopic (exact) mass is 248 g/mol. The van der Waals surface area contributed by atoms with E-state index in [1.165, 1.54) is 0 Å². The van der Waals surface area contributed by atoms with Crippen molar-refractivity contribution in [2.24, 2.45) is 0 Å². The Labute approximate surface area is 85.9 Å². The van der Waals surface area contributed by atoms with Crippen LogP contribution in [-0.4, -0.2) is 11.4 Å². The van der Waals surface area contributed by atoms with Crippen LogP contribution in [0.25, 0.3) is 0 Å². The van der Waals surface area contributed by atoms with E-state index in [1.807, 2.05) is 31.2 Å². The van der Waals surface area contributed by atoms with Crippen LogP contribution in [0.1, 0.15) is 6.92 Å². The molecule has 0 aromatic carbocycles. The van der Waals surface area contributed by atoms with E-state index in [0.29, 0.717) is 5.03 Å². The minimum absolute atomic E-state index is 0.223. The Kier molecular flexibility index (Phi) is 3.02. The lowest BCUT2D eigenvalue weighted by Gasteiger charge is -2.12. The van der Waals surface area contributed by atoms with Crippen molar-refractivity contribution in [1.82, 2.24) is 0 Å². The summed E-state index contributed by atoms with van der Waals surface area (Å²) in [6, 6.07) is 0. The van der Waals surface area contributed by atoms with Gasteiger partial charge in [-0.05, 0) is 31.2 Å². The molecule has 1 atom stereocenters. The molecular weight excluding hydrogens is 239 g/mol. The van der Waals surface area contributed by atoms with Gasteiger partial charge in [-0.15, -0.1) is 0 Å². The zero-order valence-electron chi connectivity index (χ0n) is 6.97. The number of methoxy groups -OCH3 is 1. The number of hydrogen-bond donors (Lipinski definition) is 0. The van der Waals surface area contributed by atoms with Gasteiger partial charge in [0.05, 0.1) is 11.4 Å². The fraction of sp³-hybridized carbons (Fsp3) is 0.333. The second kappa shape index (κ2) is 3.67. The normalized spacial score (nSPS) is 29.0. The number of rotatable bonds is 1. The van der Waals surface area contributed by atoms with Gasteiger partial charge in [-0.3, -0.25) is 0 Å². The van der Waals surface area contributed by atoms with E-state index in [1.54, 1.807) is 7.11 Å². The van der Waals surface area contributed by atoms with Crippen LogP contribution in [0, 0.1) is 0 Å². The summed E-state index contributed by atoms with van der Waals surface area (Å²) in [4.78, 5) is 0. The third-order valence-corrected chi connectivity index (χ3v) is 2.18. The van der Waals surface area contributed by atoms with E-state index in [-0.39, 0.29) is 4.32 Å². The zero-order valence-corrected chi connectivity index (χ0v) is 9.32. The molecular formula is C9H10BrClO. The number of ether oxygens (including phenoxy) is 1. The molecule has 0 amide bonds. The van der Waals surface area contributed by atoms with Gasteiger partial charge in [0.1, 0.15) is 5.76 Å². The summed E-state index contributed by atoms with van der Waals surface area (Å²) in [6.45, 7) is 2.00. The molecule has 0 heterocycles. The highest BCUT2D eigenvalue weighted by Crippen LogP contribution is 2.28. The molecule has 3 heteroatoms. The van der Waals surface area contributed by atoms with E-state index < -0.39 is 0 Å². The second-order valence-electron chi connectivity index (χ2n) is 2.76. The van der Waals surface area contributed by atoms with Gasteiger partial charge in [0.15, 0.2) is 0 Å². The standard InChI is InChI=1S/C9H10BrClO/c1-9(10)5-7(11)3-4-8(6-9)12-2/h3-6H,1-2H3. The molecule has 0 spiro atoms. The predicted octanol–water partition coefficient (Wildman–Crippen LogP) is 3.36. The number of hydrogen-bond acceptors (Lipinski definition) is 1. The number of halogens is 2. The molecule has 0 N–H and O–H groups in total. The Hall–Kier alpha value is -0.210. The number of allylic oxidation sites excluding steroid dienone is 5. The van der Waals surface area contributed by atoms with Crippen LogP contribution in [-0.2, 0) is 4.74 Å². The van der Waals surface area contributed by atoms with Crippen molar-refractivity contribution < 1.29 is 4.74 Å². The molecule has 12 heavy (non-hydrogen) atoms. The molecule has 1 rings (SSSR count). The fourth-order valence-corrected chi connectivity index (χ4v) is 1.87. The van der Waals surface area contributed by atoms with Crippen molar-refractivity contribution >= 4 is 27.5 Å².